The fourth-order valence-corrected chi connectivity index (χ4v) is 1.28. The molecule has 0 radical (unpaired) electrons. The smallest absolute Gasteiger partial charge is 0.322 e. The Labute approximate surface area is 100 Å². The summed E-state index contributed by atoms with van der Waals surface area (Å²) in [5.74, 6) is -2.04. The summed E-state index contributed by atoms with van der Waals surface area (Å²) in [6.07, 6.45) is 1.82. The molecule has 0 aromatic rings. The van der Waals surface area contributed by atoms with Gasteiger partial charge in [0.1, 0.15) is 12.1 Å². The van der Waals surface area contributed by atoms with Crippen molar-refractivity contribution in [1.82, 2.24) is 5.32 Å². The molecule has 0 rings (SSSR count). The molecule has 7 nitrogen and oxygen atoms in total. The van der Waals surface area contributed by atoms with E-state index < -0.39 is 24.0 Å². The molecule has 0 aliphatic carbocycles. The van der Waals surface area contributed by atoms with Crippen LogP contribution in [0.4, 0.5) is 0 Å². The lowest BCUT2D eigenvalue weighted by Gasteiger charge is -2.17. The maximum atomic E-state index is 10.5. The number of hydrogen-bond donors (Lipinski definition) is 5. The molecule has 0 spiro atoms. The van der Waals surface area contributed by atoms with E-state index in [-0.39, 0.29) is 6.04 Å². The summed E-state index contributed by atoms with van der Waals surface area (Å²) in [4.78, 5) is 21.0. The van der Waals surface area contributed by atoms with Gasteiger partial charge in [0, 0.05) is 6.04 Å². The third-order valence-electron chi connectivity index (χ3n) is 2.55. The van der Waals surface area contributed by atoms with Gasteiger partial charge in [0.25, 0.3) is 0 Å². The molecule has 2 unspecified atom stereocenters. The van der Waals surface area contributed by atoms with Crippen LogP contribution in [0.5, 0.6) is 0 Å². The Morgan fingerprint density at radius 2 is 1.76 bits per heavy atom. The van der Waals surface area contributed by atoms with Gasteiger partial charge in [-0.25, -0.2) is 0 Å². The number of unbranched alkanes of at least 4 members (excludes halogenated alkanes) is 1. The average molecular weight is 247 g/mol. The molecule has 0 aliphatic rings. The Morgan fingerprint density at radius 3 is 2.24 bits per heavy atom. The Kier molecular flexibility index (Phi) is 7.44. The molecule has 7 N–H and O–H groups in total. The van der Waals surface area contributed by atoms with Crippen molar-refractivity contribution in [1.29, 1.82) is 0 Å². The SMILES string of the molecule is CC(NCCCC[C@H](N)C(=O)O)C(N)C(=O)O. The fourth-order valence-electron chi connectivity index (χ4n) is 1.28. The van der Waals surface area contributed by atoms with E-state index in [1.54, 1.807) is 6.92 Å². The van der Waals surface area contributed by atoms with E-state index in [0.717, 1.165) is 6.42 Å². The molecule has 0 saturated carbocycles. The quantitative estimate of drug-likeness (QED) is 0.328. The van der Waals surface area contributed by atoms with Crippen LogP contribution in [0.2, 0.25) is 0 Å². The molecule has 0 saturated heterocycles. The number of rotatable bonds is 9. The topological polar surface area (TPSA) is 139 Å². The van der Waals surface area contributed by atoms with Gasteiger partial charge >= 0.3 is 11.9 Å². The minimum absolute atomic E-state index is 0.319. The zero-order valence-corrected chi connectivity index (χ0v) is 9.93. The minimum atomic E-state index is -1.04. The van der Waals surface area contributed by atoms with Crippen molar-refractivity contribution in [3.63, 3.8) is 0 Å². The van der Waals surface area contributed by atoms with Crippen molar-refractivity contribution in [3.05, 3.63) is 0 Å². The van der Waals surface area contributed by atoms with Gasteiger partial charge in [-0.1, -0.05) is 6.42 Å². The van der Waals surface area contributed by atoms with Crippen molar-refractivity contribution in [2.45, 2.75) is 44.3 Å². The molecule has 0 amide bonds. The number of carbonyl (C=O) groups is 2. The lowest BCUT2D eigenvalue weighted by atomic mass is 10.1. The molecule has 17 heavy (non-hydrogen) atoms. The Bertz CT molecular complexity index is 260. The van der Waals surface area contributed by atoms with Gasteiger partial charge in [-0.3, -0.25) is 9.59 Å². The summed E-state index contributed by atoms with van der Waals surface area (Å²) in [7, 11) is 0. The van der Waals surface area contributed by atoms with Gasteiger partial charge in [-0.05, 0) is 26.3 Å². The van der Waals surface area contributed by atoms with E-state index in [0.29, 0.717) is 19.4 Å². The number of nitrogens with two attached hydrogens (primary N) is 2. The normalized spacial score (nSPS) is 16.2. The van der Waals surface area contributed by atoms with Crippen molar-refractivity contribution in [3.8, 4) is 0 Å². The second-order valence-electron chi connectivity index (χ2n) is 4.05. The van der Waals surface area contributed by atoms with Crippen LogP contribution in [0.3, 0.4) is 0 Å². The molecule has 0 heterocycles. The van der Waals surface area contributed by atoms with E-state index in [1.165, 1.54) is 0 Å². The summed E-state index contributed by atoms with van der Waals surface area (Å²) in [6.45, 7) is 2.29. The largest absolute Gasteiger partial charge is 0.480 e. The number of nitrogens with one attached hydrogen (secondary N) is 1. The number of hydrogen-bond acceptors (Lipinski definition) is 5. The van der Waals surface area contributed by atoms with Gasteiger partial charge in [0.05, 0.1) is 0 Å². The first kappa shape index (κ1) is 15.8. The summed E-state index contributed by atoms with van der Waals surface area (Å²) in [5, 5.41) is 20.2. The Morgan fingerprint density at radius 1 is 1.18 bits per heavy atom. The van der Waals surface area contributed by atoms with Crippen LogP contribution in [0.1, 0.15) is 26.2 Å². The monoisotopic (exact) mass is 247 g/mol. The summed E-state index contributed by atoms with van der Waals surface area (Å²) in [5.41, 5.74) is 10.7. The van der Waals surface area contributed by atoms with E-state index >= 15 is 0 Å². The van der Waals surface area contributed by atoms with E-state index in [1.807, 2.05) is 0 Å². The molecular weight excluding hydrogens is 226 g/mol. The highest BCUT2D eigenvalue weighted by atomic mass is 16.4. The molecule has 0 fully saturated rings. The van der Waals surface area contributed by atoms with Crippen LogP contribution in [-0.2, 0) is 9.59 Å². The highest BCUT2D eigenvalue weighted by Crippen LogP contribution is 1.99. The lowest BCUT2D eigenvalue weighted by Crippen LogP contribution is -2.48. The number of carboxylic acids is 2. The van der Waals surface area contributed by atoms with E-state index in [4.69, 9.17) is 21.7 Å². The fraction of sp³-hybridized carbons (Fsp3) is 0.800. The molecule has 7 heteroatoms. The third kappa shape index (κ3) is 6.88. The van der Waals surface area contributed by atoms with Crippen LogP contribution in [0, 0.1) is 0 Å². The summed E-state index contributed by atoms with van der Waals surface area (Å²) in [6, 6.07) is -2.08. The minimum Gasteiger partial charge on any atom is -0.480 e. The first-order chi connectivity index (χ1) is 7.86. The zero-order chi connectivity index (χ0) is 13.4. The molecule has 0 aromatic heterocycles. The van der Waals surface area contributed by atoms with Crippen LogP contribution >= 0.6 is 0 Å². The first-order valence-electron chi connectivity index (χ1n) is 5.56. The van der Waals surface area contributed by atoms with Gasteiger partial charge < -0.3 is 27.0 Å². The van der Waals surface area contributed by atoms with Crippen molar-refractivity contribution < 1.29 is 19.8 Å². The molecule has 0 aliphatic heterocycles. The van der Waals surface area contributed by atoms with Crippen LogP contribution in [-0.4, -0.2) is 46.8 Å². The molecular formula is C10H21N3O4. The highest BCUT2D eigenvalue weighted by molar-refractivity contribution is 5.74. The van der Waals surface area contributed by atoms with Crippen molar-refractivity contribution >= 4 is 11.9 Å². The number of aliphatic carboxylic acids is 2. The highest BCUT2D eigenvalue weighted by Gasteiger charge is 2.18. The molecule has 0 bridgehead atoms. The standard InChI is InChI=1S/C10H21N3O4/c1-6(8(12)10(16)17)13-5-3-2-4-7(11)9(14)15/h6-8,13H,2-5,11-12H2,1H3,(H,14,15)(H,16,17)/t6?,7-,8?/m0/s1. The third-order valence-corrected chi connectivity index (χ3v) is 2.55. The zero-order valence-electron chi connectivity index (χ0n) is 9.93. The Balaban J connectivity index is 3.58. The average Bonchev–Trinajstić information content (AvgIpc) is 2.26. The van der Waals surface area contributed by atoms with Crippen LogP contribution in [0.15, 0.2) is 0 Å². The van der Waals surface area contributed by atoms with Gasteiger partial charge in [-0.2, -0.15) is 0 Å². The van der Waals surface area contributed by atoms with Crippen molar-refractivity contribution in [2.24, 2.45) is 11.5 Å². The van der Waals surface area contributed by atoms with Crippen LogP contribution in [0.25, 0.3) is 0 Å². The second kappa shape index (κ2) is 7.99. The number of carboxylic acid groups (broad SMARTS) is 2. The summed E-state index contributed by atoms with van der Waals surface area (Å²) >= 11 is 0. The predicted molar refractivity (Wildman–Crippen MR) is 62.5 cm³/mol. The molecule has 3 atom stereocenters. The van der Waals surface area contributed by atoms with Gasteiger partial charge in [0.15, 0.2) is 0 Å². The second-order valence-corrected chi connectivity index (χ2v) is 4.05. The van der Waals surface area contributed by atoms with Gasteiger partial charge in [0.2, 0.25) is 0 Å². The maximum Gasteiger partial charge on any atom is 0.322 e. The van der Waals surface area contributed by atoms with Crippen LogP contribution < -0.4 is 16.8 Å². The first-order valence-corrected chi connectivity index (χ1v) is 5.56. The van der Waals surface area contributed by atoms with E-state index in [9.17, 15) is 9.59 Å². The molecule has 100 valence electrons. The van der Waals surface area contributed by atoms with E-state index in [2.05, 4.69) is 5.32 Å². The lowest BCUT2D eigenvalue weighted by molar-refractivity contribution is -0.140. The van der Waals surface area contributed by atoms with Crippen molar-refractivity contribution in [2.75, 3.05) is 6.54 Å². The Hall–Kier alpha value is -1.18. The van der Waals surface area contributed by atoms with Gasteiger partial charge in [-0.15, -0.1) is 0 Å². The summed E-state index contributed by atoms with van der Waals surface area (Å²) < 4.78 is 0. The predicted octanol–water partition coefficient (Wildman–Crippen LogP) is -1.04. The molecule has 0 aromatic carbocycles. The maximum absolute atomic E-state index is 10.5.